The van der Waals surface area contributed by atoms with Gasteiger partial charge in [-0.3, -0.25) is 0 Å². The Morgan fingerprint density at radius 2 is 1.72 bits per heavy atom. The van der Waals surface area contributed by atoms with E-state index in [1.54, 1.807) is 0 Å². The molecule has 0 spiro atoms. The average Bonchev–Trinajstić information content (AvgIpc) is 2.77. The summed E-state index contributed by atoms with van der Waals surface area (Å²) in [6, 6.07) is 9.05. The van der Waals surface area contributed by atoms with Crippen LogP contribution in [0.2, 0.25) is 0 Å². The molecule has 0 saturated heterocycles. The van der Waals surface area contributed by atoms with E-state index in [2.05, 4.69) is 50.4 Å². The van der Waals surface area contributed by atoms with Gasteiger partial charge in [0.2, 0.25) is 0 Å². The van der Waals surface area contributed by atoms with Crippen LogP contribution in [0.25, 0.3) is 0 Å². The summed E-state index contributed by atoms with van der Waals surface area (Å²) in [4.78, 5) is 0. The van der Waals surface area contributed by atoms with Gasteiger partial charge in [0.15, 0.2) is 0 Å². The highest BCUT2D eigenvalue weighted by molar-refractivity contribution is 5.24. The van der Waals surface area contributed by atoms with Crippen molar-refractivity contribution in [1.82, 2.24) is 5.32 Å². The third-order valence-corrected chi connectivity index (χ3v) is 4.34. The van der Waals surface area contributed by atoms with Crippen LogP contribution in [-0.2, 0) is 6.54 Å². The minimum absolute atomic E-state index is 0.553. The molecule has 1 aliphatic carbocycles. The topological polar surface area (TPSA) is 12.0 Å². The molecule has 1 aliphatic rings. The number of nitrogens with one attached hydrogen (secondary N) is 1. The summed E-state index contributed by atoms with van der Waals surface area (Å²) in [6.07, 6.45) is 5.63. The van der Waals surface area contributed by atoms with Gasteiger partial charge in [0, 0.05) is 13.1 Å². The van der Waals surface area contributed by atoms with E-state index in [4.69, 9.17) is 0 Å². The van der Waals surface area contributed by atoms with Crippen molar-refractivity contribution in [2.24, 2.45) is 5.41 Å². The van der Waals surface area contributed by atoms with Crippen LogP contribution in [0.5, 0.6) is 0 Å². The Hall–Kier alpha value is -0.820. The molecule has 0 amide bonds. The lowest BCUT2D eigenvalue weighted by molar-refractivity contribution is 0.314. The predicted octanol–water partition coefficient (Wildman–Crippen LogP) is 4.48. The zero-order valence-corrected chi connectivity index (χ0v) is 12.1. The van der Waals surface area contributed by atoms with Crippen molar-refractivity contribution in [3.8, 4) is 0 Å². The molecule has 2 rings (SSSR count). The van der Waals surface area contributed by atoms with Gasteiger partial charge in [-0.25, -0.2) is 0 Å². The molecule has 1 heteroatoms. The molecule has 100 valence electrons. The SMILES string of the molecule is CC(C)c1ccc(CNCC2(C)CCCC2)cc1. The van der Waals surface area contributed by atoms with E-state index in [-0.39, 0.29) is 0 Å². The highest BCUT2D eigenvalue weighted by atomic mass is 14.9. The van der Waals surface area contributed by atoms with Crippen molar-refractivity contribution < 1.29 is 0 Å². The summed E-state index contributed by atoms with van der Waals surface area (Å²) in [5.41, 5.74) is 3.39. The number of rotatable bonds is 5. The first-order chi connectivity index (χ1) is 8.59. The number of benzene rings is 1. The van der Waals surface area contributed by atoms with E-state index in [1.165, 1.54) is 43.4 Å². The van der Waals surface area contributed by atoms with Gasteiger partial charge in [-0.2, -0.15) is 0 Å². The minimum Gasteiger partial charge on any atom is -0.312 e. The highest BCUT2D eigenvalue weighted by Crippen LogP contribution is 2.36. The van der Waals surface area contributed by atoms with E-state index in [9.17, 15) is 0 Å². The summed E-state index contributed by atoms with van der Waals surface area (Å²) >= 11 is 0. The van der Waals surface area contributed by atoms with E-state index < -0.39 is 0 Å². The molecule has 0 atom stereocenters. The van der Waals surface area contributed by atoms with Gasteiger partial charge in [0.1, 0.15) is 0 Å². The molecule has 1 aromatic rings. The zero-order chi connectivity index (χ0) is 13.0. The lowest BCUT2D eigenvalue weighted by atomic mass is 9.89. The first kappa shape index (κ1) is 13.6. The normalized spacial score (nSPS) is 18.4. The Balaban J connectivity index is 1.79. The molecule has 1 nitrogen and oxygen atoms in total. The van der Waals surface area contributed by atoms with Crippen LogP contribution in [-0.4, -0.2) is 6.54 Å². The molecule has 1 fully saturated rings. The first-order valence-electron chi connectivity index (χ1n) is 7.39. The lowest BCUT2D eigenvalue weighted by Gasteiger charge is -2.23. The molecular formula is C17H27N. The lowest BCUT2D eigenvalue weighted by Crippen LogP contribution is -2.29. The third kappa shape index (κ3) is 3.58. The maximum atomic E-state index is 3.63. The van der Waals surface area contributed by atoms with Crippen molar-refractivity contribution >= 4 is 0 Å². The van der Waals surface area contributed by atoms with Crippen molar-refractivity contribution in [3.63, 3.8) is 0 Å². The number of hydrogen-bond donors (Lipinski definition) is 1. The fourth-order valence-electron chi connectivity index (χ4n) is 2.93. The molecule has 1 saturated carbocycles. The van der Waals surface area contributed by atoms with E-state index in [1.807, 2.05) is 0 Å². The molecule has 0 unspecified atom stereocenters. The highest BCUT2D eigenvalue weighted by Gasteiger charge is 2.27. The van der Waals surface area contributed by atoms with Gasteiger partial charge in [-0.1, -0.05) is 57.9 Å². The van der Waals surface area contributed by atoms with E-state index in [0.717, 1.165) is 6.54 Å². The second kappa shape index (κ2) is 5.88. The molecule has 18 heavy (non-hydrogen) atoms. The Morgan fingerprint density at radius 1 is 1.11 bits per heavy atom. The molecule has 1 aromatic carbocycles. The molecule has 0 aromatic heterocycles. The van der Waals surface area contributed by atoms with Crippen molar-refractivity contribution in [3.05, 3.63) is 35.4 Å². The molecule has 0 radical (unpaired) electrons. The molecule has 0 bridgehead atoms. The van der Waals surface area contributed by atoms with Gasteiger partial charge < -0.3 is 5.32 Å². The third-order valence-electron chi connectivity index (χ3n) is 4.34. The van der Waals surface area contributed by atoms with Gasteiger partial charge in [0.25, 0.3) is 0 Å². The van der Waals surface area contributed by atoms with Crippen molar-refractivity contribution in [1.29, 1.82) is 0 Å². The molecule has 0 heterocycles. The van der Waals surface area contributed by atoms with Crippen LogP contribution in [0.4, 0.5) is 0 Å². The van der Waals surface area contributed by atoms with Crippen LogP contribution in [0.15, 0.2) is 24.3 Å². The molecular weight excluding hydrogens is 218 g/mol. The molecule has 1 N–H and O–H groups in total. The van der Waals surface area contributed by atoms with E-state index in [0.29, 0.717) is 11.3 Å². The second-order valence-electron chi connectivity index (χ2n) is 6.52. The predicted molar refractivity (Wildman–Crippen MR) is 78.8 cm³/mol. The average molecular weight is 245 g/mol. The quantitative estimate of drug-likeness (QED) is 0.806. The number of hydrogen-bond acceptors (Lipinski definition) is 1. The Labute approximate surface area is 112 Å². The van der Waals surface area contributed by atoms with E-state index >= 15 is 0 Å². The van der Waals surface area contributed by atoms with Crippen LogP contribution in [0.1, 0.15) is 63.5 Å². The standard InChI is InChI=1S/C17H27N/c1-14(2)16-8-6-15(7-9-16)12-18-13-17(3)10-4-5-11-17/h6-9,14,18H,4-5,10-13H2,1-3H3. The zero-order valence-electron chi connectivity index (χ0n) is 12.1. The largest absolute Gasteiger partial charge is 0.312 e. The monoisotopic (exact) mass is 245 g/mol. The smallest absolute Gasteiger partial charge is 0.0205 e. The minimum atomic E-state index is 0.553. The van der Waals surface area contributed by atoms with Gasteiger partial charge >= 0.3 is 0 Å². The first-order valence-corrected chi connectivity index (χ1v) is 7.39. The summed E-state index contributed by atoms with van der Waals surface area (Å²) in [6.45, 7) is 9.09. The summed E-state index contributed by atoms with van der Waals surface area (Å²) in [5.74, 6) is 0.629. The van der Waals surface area contributed by atoms with Crippen LogP contribution in [0, 0.1) is 5.41 Å². The van der Waals surface area contributed by atoms with Crippen LogP contribution >= 0.6 is 0 Å². The van der Waals surface area contributed by atoms with Crippen molar-refractivity contribution in [2.75, 3.05) is 6.54 Å². The van der Waals surface area contributed by atoms with Gasteiger partial charge in [-0.15, -0.1) is 0 Å². The van der Waals surface area contributed by atoms with Crippen LogP contribution in [0.3, 0.4) is 0 Å². The Bertz CT molecular complexity index is 358. The van der Waals surface area contributed by atoms with Gasteiger partial charge in [0.05, 0.1) is 0 Å². The Morgan fingerprint density at radius 3 is 2.28 bits per heavy atom. The van der Waals surface area contributed by atoms with Crippen molar-refractivity contribution in [2.45, 2.75) is 58.9 Å². The maximum Gasteiger partial charge on any atom is 0.0205 e. The van der Waals surface area contributed by atoms with Crippen LogP contribution < -0.4 is 5.32 Å². The Kier molecular flexibility index (Phi) is 4.45. The maximum absolute atomic E-state index is 3.63. The van der Waals surface area contributed by atoms with Gasteiger partial charge in [-0.05, 0) is 35.3 Å². The molecule has 0 aliphatic heterocycles. The fraction of sp³-hybridized carbons (Fsp3) is 0.647. The summed E-state index contributed by atoms with van der Waals surface area (Å²) in [7, 11) is 0. The summed E-state index contributed by atoms with van der Waals surface area (Å²) < 4.78 is 0. The summed E-state index contributed by atoms with van der Waals surface area (Å²) in [5, 5.41) is 3.63. The fourth-order valence-corrected chi connectivity index (χ4v) is 2.93. The second-order valence-corrected chi connectivity index (χ2v) is 6.52.